The van der Waals surface area contributed by atoms with E-state index in [1.807, 2.05) is 6.92 Å². The smallest absolute Gasteiger partial charge is 0.303 e. The molecule has 88 valence electrons. The standard InChI is InChI=1S/C11H20O4/c1-9(2-3-11(12)13)15-8-10-4-6-14-7-5-10/h9-10H,2-8H2,1H3,(H,12,13). The number of hydrogen-bond donors (Lipinski definition) is 1. The highest BCUT2D eigenvalue weighted by Crippen LogP contribution is 2.16. The molecule has 1 N–H and O–H groups in total. The van der Waals surface area contributed by atoms with E-state index in [-0.39, 0.29) is 12.5 Å². The quantitative estimate of drug-likeness (QED) is 0.734. The van der Waals surface area contributed by atoms with Gasteiger partial charge in [-0.15, -0.1) is 0 Å². The molecule has 15 heavy (non-hydrogen) atoms. The van der Waals surface area contributed by atoms with Crippen LogP contribution in [-0.4, -0.2) is 37.0 Å². The summed E-state index contributed by atoms with van der Waals surface area (Å²) < 4.78 is 10.9. The molecule has 0 bridgehead atoms. The predicted molar refractivity (Wildman–Crippen MR) is 55.8 cm³/mol. The third kappa shape index (κ3) is 5.74. The molecule has 0 aromatic carbocycles. The van der Waals surface area contributed by atoms with Crippen molar-refractivity contribution in [3.63, 3.8) is 0 Å². The van der Waals surface area contributed by atoms with E-state index < -0.39 is 5.97 Å². The van der Waals surface area contributed by atoms with Crippen LogP contribution in [0.1, 0.15) is 32.6 Å². The Kier molecular flexibility index (Phi) is 5.65. The number of rotatable bonds is 6. The molecule has 1 unspecified atom stereocenters. The zero-order chi connectivity index (χ0) is 11.1. The first-order chi connectivity index (χ1) is 7.18. The van der Waals surface area contributed by atoms with Crippen molar-refractivity contribution in [1.82, 2.24) is 0 Å². The van der Waals surface area contributed by atoms with E-state index in [1.165, 1.54) is 0 Å². The fraction of sp³-hybridized carbons (Fsp3) is 0.909. The molecular formula is C11H20O4. The number of carbonyl (C=O) groups is 1. The lowest BCUT2D eigenvalue weighted by molar-refractivity contribution is -0.137. The van der Waals surface area contributed by atoms with Gasteiger partial charge in [0, 0.05) is 26.2 Å². The van der Waals surface area contributed by atoms with Crippen LogP contribution < -0.4 is 0 Å². The van der Waals surface area contributed by atoms with Crippen molar-refractivity contribution in [2.24, 2.45) is 5.92 Å². The molecule has 1 saturated heterocycles. The van der Waals surface area contributed by atoms with Crippen LogP contribution in [0.15, 0.2) is 0 Å². The van der Waals surface area contributed by atoms with Gasteiger partial charge < -0.3 is 14.6 Å². The zero-order valence-corrected chi connectivity index (χ0v) is 9.28. The van der Waals surface area contributed by atoms with Crippen LogP contribution >= 0.6 is 0 Å². The normalized spacial score (nSPS) is 20.1. The largest absolute Gasteiger partial charge is 0.481 e. The lowest BCUT2D eigenvalue weighted by Gasteiger charge is -2.23. The van der Waals surface area contributed by atoms with Gasteiger partial charge in [-0.05, 0) is 32.1 Å². The summed E-state index contributed by atoms with van der Waals surface area (Å²) in [6.45, 7) is 4.33. The zero-order valence-electron chi connectivity index (χ0n) is 9.28. The van der Waals surface area contributed by atoms with Gasteiger partial charge in [0.15, 0.2) is 0 Å². The van der Waals surface area contributed by atoms with Crippen LogP contribution in [0.3, 0.4) is 0 Å². The molecule has 1 aliphatic heterocycles. The summed E-state index contributed by atoms with van der Waals surface area (Å²) in [4.78, 5) is 10.3. The molecule has 0 aromatic heterocycles. The van der Waals surface area contributed by atoms with Gasteiger partial charge in [-0.2, -0.15) is 0 Å². The minimum Gasteiger partial charge on any atom is -0.481 e. The molecule has 0 aliphatic carbocycles. The Bertz CT molecular complexity index is 187. The summed E-state index contributed by atoms with van der Waals surface area (Å²) in [6, 6.07) is 0. The highest BCUT2D eigenvalue weighted by molar-refractivity contribution is 5.66. The maximum absolute atomic E-state index is 10.3. The Morgan fingerprint density at radius 1 is 1.53 bits per heavy atom. The van der Waals surface area contributed by atoms with Crippen LogP contribution in [0.5, 0.6) is 0 Å². The summed E-state index contributed by atoms with van der Waals surface area (Å²) in [7, 11) is 0. The van der Waals surface area contributed by atoms with Gasteiger partial charge in [-0.3, -0.25) is 4.79 Å². The average molecular weight is 216 g/mol. The second-order valence-electron chi connectivity index (χ2n) is 4.13. The Hall–Kier alpha value is -0.610. The van der Waals surface area contributed by atoms with E-state index in [0.29, 0.717) is 12.3 Å². The summed E-state index contributed by atoms with van der Waals surface area (Å²) in [5, 5.41) is 8.51. The van der Waals surface area contributed by atoms with Crippen LogP contribution in [0.25, 0.3) is 0 Å². The molecule has 4 nitrogen and oxygen atoms in total. The molecule has 1 aliphatic rings. The Morgan fingerprint density at radius 3 is 2.80 bits per heavy atom. The van der Waals surface area contributed by atoms with Crippen molar-refractivity contribution < 1.29 is 19.4 Å². The number of ether oxygens (including phenoxy) is 2. The lowest BCUT2D eigenvalue weighted by Crippen LogP contribution is -2.22. The number of aliphatic carboxylic acids is 1. The van der Waals surface area contributed by atoms with Crippen molar-refractivity contribution in [3.05, 3.63) is 0 Å². The van der Waals surface area contributed by atoms with Gasteiger partial charge in [0.05, 0.1) is 6.10 Å². The molecule has 0 radical (unpaired) electrons. The molecule has 0 saturated carbocycles. The highest BCUT2D eigenvalue weighted by atomic mass is 16.5. The maximum Gasteiger partial charge on any atom is 0.303 e. The number of carboxylic acid groups (broad SMARTS) is 1. The van der Waals surface area contributed by atoms with Gasteiger partial charge in [0.25, 0.3) is 0 Å². The molecular weight excluding hydrogens is 196 g/mol. The van der Waals surface area contributed by atoms with E-state index in [9.17, 15) is 4.79 Å². The summed E-state index contributed by atoms with van der Waals surface area (Å²) in [6.07, 6.45) is 2.95. The Balaban J connectivity index is 2.04. The monoisotopic (exact) mass is 216 g/mol. The molecule has 4 heteroatoms. The molecule has 0 spiro atoms. The first-order valence-corrected chi connectivity index (χ1v) is 5.59. The number of carboxylic acids is 1. The summed E-state index contributed by atoms with van der Waals surface area (Å²) in [5.74, 6) is -0.164. The molecule has 1 rings (SSSR count). The fourth-order valence-corrected chi connectivity index (χ4v) is 1.62. The minimum atomic E-state index is -0.753. The van der Waals surface area contributed by atoms with Crippen molar-refractivity contribution >= 4 is 5.97 Å². The molecule has 1 atom stereocenters. The van der Waals surface area contributed by atoms with Gasteiger partial charge in [0.1, 0.15) is 0 Å². The Morgan fingerprint density at radius 2 is 2.20 bits per heavy atom. The second kappa shape index (κ2) is 6.80. The predicted octanol–water partition coefficient (Wildman–Crippen LogP) is 1.68. The lowest BCUT2D eigenvalue weighted by atomic mass is 10.0. The van der Waals surface area contributed by atoms with Crippen molar-refractivity contribution in [1.29, 1.82) is 0 Å². The van der Waals surface area contributed by atoms with Gasteiger partial charge >= 0.3 is 5.97 Å². The van der Waals surface area contributed by atoms with Crippen molar-refractivity contribution in [2.45, 2.75) is 38.7 Å². The first-order valence-electron chi connectivity index (χ1n) is 5.59. The SMILES string of the molecule is CC(CCC(=O)O)OCC1CCOCC1. The maximum atomic E-state index is 10.3. The van der Waals surface area contributed by atoms with Crippen LogP contribution in [0.4, 0.5) is 0 Å². The summed E-state index contributed by atoms with van der Waals surface area (Å²) >= 11 is 0. The highest BCUT2D eigenvalue weighted by Gasteiger charge is 2.15. The molecule has 0 aromatic rings. The fourth-order valence-electron chi connectivity index (χ4n) is 1.62. The number of hydrogen-bond acceptors (Lipinski definition) is 3. The first kappa shape index (κ1) is 12.5. The van der Waals surface area contributed by atoms with Crippen molar-refractivity contribution in [3.8, 4) is 0 Å². The third-order valence-electron chi connectivity index (χ3n) is 2.72. The molecule has 1 fully saturated rings. The van der Waals surface area contributed by atoms with E-state index >= 15 is 0 Å². The van der Waals surface area contributed by atoms with E-state index in [4.69, 9.17) is 14.6 Å². The molecule has 1 heterocycles. The van der Waals surface area contributed by atoms with Gasteiger partial charge in [-0.25, -0.2) is 0 Å². The van der Waals surface area contributed by atoms with E-state index in [0.717, 1.165) is 32.7 Å². The third-order valence-corrected chi connectivity index (χ3v) is 2.72. The molecule has 0 amide bonds. The Labute approximate surface area is 90.6 Å². The summed E-state index contributed by atoms with van der Waals surface area (Å²) in [5.41, 5.74) is 0. The second-order valence-corrected chi connectivity index (χ2v) is 4.13. The minimum absolute atomic E-state index is 0.0453. The van der Waals surface area contributed by atoms with E-state index in [2.05, 4.69) is 0 Å². The van der Waals surface area contributed by atoms with Crippen LogP contribution in [0, 0.1) is 5.92 Å². The average Bonchev–Trinajstić information content (AvgIpc) is 2.25. The van der Waals surface area contributed by atoms with Gasteiger partial charge in [-0.1, -0.05) is 0 Å². The van der Waals surface area contributed by atoms with Crippen molar-refractivity contribution in [2.75, 3.05) is 19.8 Å². The van der Waals surface area contributed by atoms with Gasteiger partial charge in [0.2, 0.25) is 0 Å². The van der Waals surface area contributed by atoms with Crippen LogP contribution in [0.2, 0.25) is 0 Å². The van der Waals surface area contributed by atoms with E-state index in [1.54, 1.807) is 0 Å². The topological polar surface area (TPSA) is 55.8 Å². The van der Waals surface area contributed by atoms with Crippen LogP contribution in [-0.2, 0) is 14.3 Å².